The van der Waals surface area contributed by atoms with E-state index in [4.69, 9.17) is 0 Å². The Labute approximate surface area is 69.7 Å². The van der Waals surface area contributed by atoms with Crippen LogP contribution in [0.25, 0.3) is 0 Å². The van der Waals surface area contributed by atoms with E-state index in [1.807, 2.05) is 0 Å². The van der Waals surface area contributed by atoms with Crippen LogP contribution in [0.15, 0.2) is 0 Å². The van der Waals surface area contributed by atoms with E-state index < -0.39 is 0 Å². The summed E-state index contributed by atoms with van der Waals surface area (Å²) in [6.07, 6.45) is 4.26. The van der Waals surface area contributed by atoms with Crippen LogP contribution in [0, 0.1) is 0 Å². The van der Waals surface area contributed by atoms with Gasteiger partial charge in [0.25, 0.3) is 0 Å². The van der Waals surface area contributed by atoms with E-state index in [0.717, 1.165) is 0 Å². The van der Waals surface area contributed by atoms with Crippen LogP contribution in [0.1, 0.15) is 20.8 Å². The van der Waals surface area contributed by atoms with Gasteiger partial charge in [-0.05, 0) is 18.5 Å². The van der Waals surface area contributed by atoms with Gasteiger partial charge in [0.1, 0.15) is 0 Å². The van der Waals surface area contributed by atoms with Gasteiger partial charge in [0.15, 0.2) is 0 Å². The van der Waals surface area contributed by atoms with Crippen molar-refractivity contribution >= 4 is 7.92 Å². The molecule has 0 aliphatic carbocycles. The van der Waals surface area contributed by atoms with Crippen LogP contribution in [0.5, 0.6) is 0 Å². The summed E-state index contributed by atoms with van der Waals surface area (Å²) < 4.78 is 0. The largest absolute Gasteiger partial charge is 0.108 e. The van der Waals surface area contributed by atoms with Crippen molar-refractivity contribution in [2.45, 2.75) is 20.8 Å². The molecule has 0 amide bonds. The number of hydrogen-bond donors (Lipinski definition) is 0. The van der Waals surface area contributed by atoms with Crippen LogP contribution in [0.4, 0.5) is 0 Å². The third-order valence-corrected chi connectivity index (χ3v) is 4.02. The van der Waals surface area contributed by atoms with E-state index >= 15 is 0 Å². The molecular formula is C6H15AgP. The molecule has 0 N–H and O–H groups in total. The Kier molecular flexibility index (Phi) is 12.2. The average molecular weight is 226 g/mol. The zero-order valence-corrected chi connectivity index (χ0v) is 8.25. The molecule has 55 valence electrons. The Morgan fingerprint density at radius 2 is 1.12 bits per heavy atom. The molecule has 0 fully saturated rings. The first-order chi connectivity index (χ1) is 3.35. The molecule has 0 aromatic carbocycles. The van der Waals surface area contributed by atoms with Crippen LogP contribution < -0.4 is 0 Å². The minimum Gasteiger partial charge on any atom is -0.108 e. The summed E-state index contributed by atoms with van der Waals surface area (Å²) in [6.45, 7) is 6.87. The first-order valence-corrected chi connectivity index (χ1v) is 4.97. The van der Waals surface area contributed by atoms with Crippen molar-refractivity contribution in [1.29, 1.82) is 0 Å². The van der Waals surface area contributed by atoms with Crippen LogP contribution in [0.2, 0.25) is 0 Å². The van der Waals surface area contributed by atoms with Crippen LogP contribution in [-0.4, -0.2) is 18.5 Å². The van der Waals surface area contributed by atoms with E-state index in [2.05, 4.69) is 20.8 Å². The fourth-order valence-corrected chi connectivity index (χ4v) is 2.01. The quantitative estimate of drug-likeness (QED) is 0.512. The summed E-state index contributed by atoms with van der Waals surface area (Å²) in [6, 6.07) is 0. The fourth-order valence-electron chi connectivity index (χ4n) is 0.671. The molecule has 0 bridgehead atoms. The molecule has 0 heterocycles. The maximum absolute atomic E-state index is 2.29. The molecule has 0 aromatic rings. The first-order valence-electron chi connectivity index (χ1n) is 3.07. The zero-order chi connectivity index (χ0) is 5.70. The molecule has 8 heavy (non-hydrogen) atoms. The van der Waals surface area contributed by atoms with Gasteiger partial charge in [-0.2, -0.15) is 0 Å². The molecular weight excluding hydrogens is 211 g/mol. The van der Waals surface area contributed by atoms with Crippen molar-refractivity contribution in [3.63, 3.8) is 0 Å². The zero-order valence-electron chi connectivity index (χ0n) is 5.87. The van der Waals surface area contributed by atoms with Gasteiger partial charge < -0.3 is 0 Å². The molecule has 0 saturated carbocycles. The second-order valence-corrected chi connectivity index (χ2v) is 4.86. The van der Waals surface area contributed by atoms with Crippen LogP contribution in [-0.2, 0) is 22.4 Å². The Bertz CT molecular complexity index is 30.0. The molecule has 0 aliphatic rings. The maximum Gasteiger partial charge on any atom is 0 e. The molecule has 0 aliphatic heterocycles. The molecule has 0 unspecified atom stereocenters. The molecule has 0 atom stereocenters. The molecule has 0 nitrogen and oxygen atoms in total. The van der Waals surface area contributed by atoms with Crippen molar-refractivity contribution < 1.29 is 22.4 Å². The SMILES string of the molecule is CCP(CC)CC.[Ag]. The molecule has 1 radical (unpaired) electrons. The fraction of sp³-hybridized carbons (Fsp3) is 1.00. The summed E-state index contributed by atoms with van der Waals surface area (Å²) in [5, 5.41) is 0. The minimum absolute atomic E-state index is 0. The normalized spacial score (nSPS) is 9.00. The summed E-state index contributed by atoms with van der Waals surface area (Å²) in [5.74, 6) is 0. The Hall–Kier alpha value is 1.17. The van der Waals surface area contributed by atoms with Crippen molar-refractivity contribution in [2.24, 2.45) is 0 Å². The van der Waals surface area contributed by atoms with E-state index in [-0.39, 0.29) is 22.4 Å². The number of rotatable bonds is 3. The summed E-state index contributed by atoms with van der Waals surface area (Å²) in [7, 11) is 0.446. The van der Waals surface area contributed by atoms with Crippen molar-refractivity contribution in [3.05, 3.63) is 0 Å². The third kappa shape index (κ3) is 5.31. The maximum atomic E-state index is 2.29. The van der Waals surface area contributed by atoms with Crippen LogP contribution >= 0.6 is 7.92 Å². The first kappa shape index (κ1) is 11.9. The van der Waals surface area contributed by atoms with Gasteiger partial charge >= 0.3 is 0 Å². The van der Waals surface area contributed by atoms with Crippen molar-refractivity contribution in [3.8, 4) is 0 Å². The van der Waals surface area contributed by atoms with E-state index in [1.54, 1.807) is 0 Å². The Morgan fingerprint density at radius 3 is 1.12 bits per heavy atom. The monoisotopic (exact) mass is 225 g/mol. The predicted octanol–water partition coefficient (Wildman–Crippen LogP) is 2.53. The molecule has 0 aromatic heterocycles. The predicted molar refractivity (Wildman–Crippen MR) is 38.5 cm³/mol. The van der Waals surface area contributed by atoms with Gasteiger partial charge in [-0.15, -0.1) is 7.92 Å². The second kappa shape index (κ2) is 8.17. The van der Waals surface area contributed by atoms with Crippen LogP contribution in [0.3, 0.4) is 0 Å². The summed E-state index contributed by atoms with van der Waals surface area (Å²) in [4.78, 5) is 0. The minimum atomic E-state index is 0. The average Bonchev–Trinajstić information content (AvgIpc) is 1.72. The summed E-state index contributed by atoms with van der Waals surface area (Å²) >= 11 is 0. The van der Waals surface area contributed by atoms with E-state index in [9.17, 15) is 0 Å². The van der Waals surface area contributed by atoms with E-state index in [1.165, 1.54) is 18.5 Å². The Balaban J connectivity index is 0. The standard InChI is InChI=1S/C6H15P.Ag/c1-4-7(5-2)6-3;/h4-6H2,1-3H3;. The molecule has 0 saturated heterocycles. The summed E-state index contributed by atoms with van der Waals surface area (Å²) in [5.41, 5.74) is 0. The molecule has 0 rings (SSSR count). The second-order valence-electron chi connectivity index (χ2n) is 1.62. The van der Waals surface area contributed by atoms with Gasteiger partial charge in [-0.3, -0.25) is 0 Å². The Morgan fingerprint density at radius 1 is 0.875 bits per heavy atom. The van der Waals surface area contributed by atoms with Gasteiger partial charge in [0.05, 0.1) is 0 Å². The van der Waals surface area contributed by atoms with Crippen molar-refractivity contribution in [1.82, 2.24) is 0 Å². The topological polar surface area (TPSA) is 0 Å². The van der Waals surface area contributed by atoms with Gasteiger partial charge in [-0.25, -0.2) is 0 Å². The van der Waals surface area contributed by atoms with Gasteiger partial charge in [-0.1, -0.05) is 20.8 Å². The third-order valence-electron chi connectivity index (χ3n) is 1.34. The molecule has 0 spiro atoms. The molecule has 2 heteroatoms. The number of hydrogen-bond acceptors (Lipinski definition) is 0. The van der Waals surface area contributed by atoms with E-state index in [0.29, 0.717) is 7.92 Å². The van der Waals surface area contributed by atoms with Gasteiger partial charge in [0.2, 0.25) is 0 Å². The van der Waals surface area contributed by atoms with Crippen molar-refractivity contribution in [2.75, 3.05) is 18.5 Å². The van der Waals surface area contributed by atoms with Gasteiger partial charge in [0, 0.05) is 22.4 Å². The smallest absolute Gasteiger partial charge is 0 e.